The number of carbonyl (C=O) groups is 1. The van der Waals surface area contributed by atoms with Crippen molar-refractivity contribution in [3.05, 3.63) is 72.0 Å². The first-order valence-electron chi connectivity index (χ1n) is 9.39. The Hall–Kier alpha value is -3.22. The monoisotopic (exact) mass is 378 g/mol. The van der Waals surface area contributed by atoms with Gasteiger partial charge in [0.25, 0.3) is 5.91 Å². The van der Waals surface area contributed by atoms with Crippen molar-refractivity contribution < 1.29 is 13.9 Å². The number of oxazole rings is 1. The zero-order valence-corrected chi connectivity index (χ0v) is 15.7. The fourth-order valence-electron chi connectivity index (χ4n) is 3.58. The van der Waals surface area contributed by atoms with E-state index in [1.165, 1.54) is 12.4 Å². The number of amides is 1. The maximum atomic E-state index is 12.9. The summed E-state index contributed by atoms with van der Waals surface area (Å²) in [5.74, 6) is 2.00. The minimum Gasteiger partial charge on any atom is -0.496 e. The Balaban J connectivity index is 1.55. The highest BCUT2D eigenvalue weighted by Gasteiger charge is 2.32. The van der Waals surface area contributed by atoms with Crippen LogP contribution in [-0.2, 0) is 6.42 Å². The average Bonchev–Trinajstić information content (AvgIpc) is 3.22. The molecular weight excluding hydrogens is 356 g/mol. The minimum atomic E-state index is -0.185. The Morgan fingerprint density at radius 3 is 2.93 bits per heavy atom. The van der Waals surface area contributed by atoms with Gasteiger partial charge in [-0.05, 0) is 25.3 Å². The summed E-state index contributed by atoms with van der Waals surface area (Å²) in [7, 11) is 1.66. The van der Waals surface area contributed by atoms with Crippen molar-refractivity contribution in [2.75, 3.05) is 13.7 Å². The number of likely N-dealkylation sites (tertiary alicyclic amines) is 1. The van der Waals surface area contributed by atoms with Crippen LogP contribution in [0.15, 0.2) is 53.5 Å². The van der Waals surface area contributed by atoms with Crippen molar-refractivity contribution in [2.24, 2.45) is 0 Å². The van der Waals surface area contributed by atoms with E-state index in [0.29, 0.717) is 24.6 Å². The summed E-state index contributed by atoms with van der Waals surface area (Å²) in [6, 6.07) is 7.65. The summed E-state index contributed by atoms with van der Waals surface area (Å²) >= 11 is 0. The molecule has 1 aromatic carbocycles. The summed E-state index contributed by atoms with van der Waals surface area (Å²) in [5.41, 5.74) is 1.37. The SMILES string of the molecule is COc1ccccc1Cc1cnc([C@@H]2CCCCN2C(=O)c2cnccn2)o1. The maximum Gasteiger partial charge on any atom is 0.274 e. The molecule has 1 amide bonds. The van der Waals surface area contributed by atoms with E-state index < -0.39 is 0 Å². The molecule has 4 rings (SSSR count). The van der Waals surface area contributed by atoms with Crippen molar-refractivity contribution in [3.8, 4) is 5.75 Å². The van der Waals surface area contributed by atoms with Gasteiger partial charge in [-0.3, -0.25) is 9.78 Å². The van der Waals surface area contributed by atoms with Crippen molar-refractivity contribution in [3.63, 3.8) is 0 Å². The Kier molecular flexibility index (Phi) is 5.32. The molecule has 0 spiro atoms. The number of benzene rings is 1. The number of ether oxygens (including phenoxy) is 1. The van der Waals surface area contributed by atoms with E-state index in [2.05, 4.69) is 15.0 Å². The normalized spacial score (nSPS) is 16.8. The molecule has 28 heavy (non-hydrogen) atoms. The Morgan fingerprint density at radius 1 is 1.21 bits per heavy atom. The number of para-hydroxylation sites is 1. The summed E-state index contributed by atoms with van der Waals surface area (Å²) in [5, 5.41) is 0. The zero-order chi connectivity index (χ0) is 19.3. The van der Waals surface area contributed by atoms with Gasteiger partial charge in [0.05, 0.1) is 19.5 Å². The molecule has 0 bridgehead atoms. The number of hydrogen-bond acceptors (Lipinski definition) is 6. The van der Waals surface area contributed by atoms with Gasteiger partial charge in [-0.15, -0.1) is 0 Å². The van der Waals surface area contributed by atoms with E-state index in [0.717, 1.165) is 36.3 Å². The second kappa shape index (κ2) is 8.21. The lowest BCUT2D eigenvalue weighted by molar-refractivity contribution is 0.0563. The van der Waals surface area contributed by atoms with Gasteiger partial charge in [0.1, 0.15) is 23.2 Å². The third-order valence-corrected chi connectivity index (χ3v) is 4.96. The van der Waals surface area contributed by atoms with Crippen LogP contribution in [0.1, 0.15) is 53.0 Å². The predicted octanol–water partition coefficient (Wildman–Crippen LogP) is 3.43. The van der Waals surface area contributed by atoms with Gasteiger partial charge in [-0.25, -0.2) is 9.97 Å². The summed E-state index contributed by atoms with van der Waals surface area (Å²) in [6.45, 7) is 0.657. The Labute approximate surface area is 163 Å². The molecule has 2 aromatic heterocycles. The lowest BCUT2D eigenvalue weighted by Crippen LogP contribution is -2.39. The largest absolute Gasteiger partial charge is 0.496 e. The molecule has 1 fully saturated rings. The first-order chi connectivity index (χ1) is 13.8. The van der Waals surface area contributed by atoms with Crippen LogP contribution in [0.5, 0.6) is 5.75 Å². The topological polar surface area (TPSA) is 81.4 Å². The number of piperidine rings is 1. The molecule has 144 valence electrons. The Bertz CT molecular complexity index is 942. The molecule has 3 heterocycles. The smallest absolute Gasteiger partial charge is 0.274 e. The highest BCUT2D eigenvalue weighted by Crippen LogP contribution is 2.32. The van der Waals surface area contributed by atoms with Crippen LogP contribution in [0.3, 0.4) is 0 Å². The first-order valence-corrected chi connectivity index (χ1v) is 9.39. The van der Waals surface area contributed by atoms with Gasteiger partial charge in [0, 0.05) is 30.9 Å². The van der Waals surface area contributed by atoms with E-state index in [9.17, 15) is 4.79 Å². The number of carbonyl (C=O) groups excluding carboxylic acids is 1. The lowest BCUT2D eigenvalue weighted by atomic mass is 10.0. The molecule has 0 N–H and O–H groups in total. The molecule has 7 nitrogen and oxygen atoms in total. The second-order valence-electron chi connectivity index (χ2n) is 6.75. The summed E-state index contributed by atoms with van der Waals surface area (Å²) in [6.07, 6.45) is 9.71. The predicted molar refractivity (Wildman–Crippen MR) is 102 cm³/mol. The van der Waals surface area contributed by atoms with Crippen LogP contribution < -0.4 is 4.74 Å². The van der Waals surface area contributed by atoms with Crippen molar-refractivity contribution in [2.45, 2.75) is 31.7 Å². The minimum absolute atomic E-state index is 0.137. The van der Waals surface area contributed by atoms with Gasteiger partial charge >= 0.3 is 0 Å². The molecule has 3 aromatic rings. The molecule has 0 radical (unpaired) electrons. The molecule has 0 aliphatic carbocycles. The summed E-state index contributed by atoms with van der Waals surface area (Å²) < 4.78 is 11.5. The molecule has 1 aliphatic heterocycles. The molecule has 1 aliphatic rings. The molecule has 7 heteroatoms. The number of nitrogens with zero attached hydrogens (tertiary/aromatic N) is 4. The van der Waals surface area contributed by atoms with E-state index >= 15 is 0 Å². The molecule has 1 saturated heterocycles. The first kappa shape index (κ1) is 18.2. The number of rotatable bonds is 5. The quantitative estimate of drug-likeness (QED) is 0.677. The van der Waals surface area contributed by atoms with E-state index in [1.54, 1.807) is 24.4 Å². The standard InChI is InChI=1S/C21H22N4O3/c1-27-19-8-3-2-6-15(19)12-16-13-24-20(28-16)18-7-4-5-11-25(18)21(26)17-14-22-9-10-23-17/h2-3,6,8-10,13-14,18H,4-5,7,11-12H2,1H3/t18-/m0/s1. The van der Waals surface area contributed by atoms with Crippen LogP contribution in [0.2, 0.25) is 0 Å². The van der Waals surface area contributed by atoms with Gasteiger partial charge in [0.2, 0.25) is 5.89 Å². The van der Waals surface area contributed by atoms with E-state index in [-0.39, 0.29) is 11.9 Å². The third kappa shape index (κ3) is 3.74. The third-order valence-electron chi connectivity index (χ3n) is 4.96. The molecular formula is C21H22N4O3. The molecule has 1 atom stereocenters. The zero-order valence-electron chi connectivity index (χ0n) is 15.7. The maximum absolute atomic E-state index is 12.9. The highest BCUT2D eigenvalue weighted by atomic mass is 16.5. The summed E-state index contributed by atoms with van der Waals surface area (Å²) in [4.78, 5) is 27.3. The number of hydrogen-bond donors (Lipinski definition) is 0. The van der Waals surface area contributed by atoms with Crippen LogP contribution in [0.25, 0.3) is 0 Å². The van der Waals surface area contributed by atoms with Crippen LogP contribution >= 0.6 is 0 Å². The van der Waals surface area contributed by atoms with Crippen LogP contribution in [0.4, 0.5) is 0 Å². The fourth-order valence-corrected chi connectivity index (χ4v) is 3.58. The highest BCUT2D eigenvalue weighted by molar-refractivity contribution is 5.92. The van der Waals surface area contributed by atoms with Crippen molar-refractivity contribution in [1.29, 1.82) is 0 Å². The van der Waals surface area contributed by atoms with Crippen molar-refractivity contribution in [1.82, 2.24) is 19.9 Å². The second-order valence-corrected chi connectivity index (χ2v) is 6.75. The van der Waals surface area contributed by atoms with Gasteiger partial charge in [-0.2, -0.15) is 0 Å². The number of methoxy groups -OCH3 is 1. The average molecular weight is 378 g/mol. The van der Waals surface area contributed by atoms with Crippen molar-refractivity contribution >= 4 is 5.91 Å². The van der Waals surface area contributed by atoms with Gasteiger partial charge < -0.3 is 14.1 Å². The van der Waals surface area contributed by atoms with Gasteiger partial charge in [0.15, 0.2) is 0 Å². The molecule has 0 unspecified atom stereocenters. The lowest BCUT2D eigenvalue weighted by Gasteiger charge is -2.33. The Morgan fingerprint density at radius 2 is 2.11 bits per heavy atom. The number of aromatic nitrogens is 3. The van der Waals surface area contributed by atoms with E-state index in [4.69, 9.17) is 9.15 Å². The van der Waals surface area contributed by atoms with Crippen LogP contribution in [-0.4, -0.2) is 39.4 Å². The fraction of sp³-hybridized carbons (Fsp3) is 0.333. The van der Waals surface area contributed by atoms with E-state index in [1.807, 2.05) is 24.3 Å². The van der Waals surface area contributed by atoms with Crippen LogP contribution in [0, 0.1) is 0 Å². The molecule has 0 saturated carbocycles. The van der Waals surface area contributed by atoms with Gasteiger partial charge in [-0.1, -0.05) is 18.2 Å².